The summed E-state index contributed by atoms with van der Waals surface area (Å²) in [4.78, 5) is 31.4. The maximum absolute atomic E-state index is 12.1. The molecule has 118 valence electrons. The van der Waals surface area contributed by atoms with E-state index in [1.165, 1.54) is 22.6 Å². The average Bonchev–Trinajstić information content (AvgIpc) is 2.95. The van der Waals surface area contributed by atoms with Gasteiger partial charge in [-0.25, -0.2) is 15.0 Å². The van der Waals surface area contributed by atoms with Crippen LogP contribution in [0.5, 0.6) is 0 Å². The molecule has 3 aromatic heterocycles. The Morgan fingerprint density at radius 3 is 2.70 bits per heavy atom. The van der Waals surface area contributed by atoms with Crippen LogP contribution in [0.2, 0.25) is 0 Å². The molecular formula is C15H16N6OS. The van der Waals surface area contributed by atoms with Gasteiger partial charge < -0.3 is 10.2 Å². The molecule has 0 aliphatic rings. The van der Waals surface area contributed by atoms with E-state index >= 15 is 0 Å². The van der Waals surface area contributed by atoms with Crippen LogP contribution in [0.4, 0.5) is 11.5 Å². The monoisotopic (exact) mass is 328 g/mol. The molecule has 0 saturated carbocycles. The molecule has 0 saturated heterocycles. The van der Waals surface area contributed by atoms with Crippen molar-refractivity contribution in [1.82, 2.24) is 24.8 Å². The Hall–Kier alpha value is -2.61. The van der Waals surface area contributed by atoms with E-state index in [4.69, 9.17) is 0 Å². The van der Waals surface area contributed by atoms with Crippen LogP contribution >= 0.6 is 11.3 Å². The number of fused-ring (bicyclic) bond motifs is 1. The zero-order chi connectivity index (χ0) is 16.6. The maximum Gasteiger partial charge on any atom is 0.282 e. The van der Waals surface area contributed by atoms with Crippen molar-refractivity contribution in [2.24, 2.45) is 0 Å². The van der Waals surface area contributed by atoms with Gasteiger partial charge >= 0.3 is 0 Å². The van der Waals surface area contributed by atoms with E-state index < -0.39 is 0 Å². The minimum absolute atomic E-state index is 0.146. The fourth-order valence-corrected chi connectivity index (χ4v) is 2.91. The van der Waals surface area contributed by atoms with E-state index in [1.807, 2.05) is 19.9 Å². The summed E-state index contributed by atoms with van der Waals surface area (Å²) in [7, 11) is 3.39. The van der Waals surface area contributed by atoms with Crippen molar-refractivity contribution in [2.45, 2.75) is 13.8 Å². The number of carbonyl (C=O) groups excluding carboxylic acids is 1. The molecule has 7 nitrogen and oxygen atoms in total. The van der Waals surface area contributed by atoms with Crippen molar-refractivity contribution in [1.29, 1.82) is 0 Å². The Balaban J connectivity index is 2.00. The van der Waals surface area contributed by atoms with Gasteiger partial charge in [0.25, 0.3) is 5.91 Å². The standard InChI is InChI=1S/C15H16N6OS/c1-8-5-10(6-16-9(8)2)19-12-11-13(18-7-17-12)23-14(20-11)15(22)21(3)4/h5-7H,1-4H3,(H,17,18,19). The summed E-state index contributed by atoms with van der Waals surface area (Å²) >= 11 is 1.25. The summed E-state index contributed by atoms with van der Waals surface area (Å²) in [6, 6.07) is 1.99. The molecule has 0 aliphatic heterocycles. The Morgan fingerprint density at radius 2 is 2.00 bits per heavy atom. The van der Waals surface area contributed by atoms with Gasteiger partial charge in [0.1, 0.15) is 16.7 Å². The highest BCUT2D eigenvalue weighted by molar-refractivity contribution is 7.19. The zero-order valence-electron chi connectivity index (χ0n) is 13.3. The van der Waals surface area contributed by atoms with Gasteiger partial charge in [-0.15, -0.1) is 0 Å². The number of aromatic nitrogens is 4. The third kappa shape index (κ3) is 2.98. The number of amides is 1. The van der Waals surface area contributed by atoms with Crippen LogP contribution in [0, 0.1) is 13.8 Å². The molecule has 0 spiro atoms. The minimum Gasteiger partial charge on any atom is -0.343 e. The second-order valence-corrected chi connectivity index (χ2v) is 6.32. The summed E-state index contributed by atoms with van der Waals surface area (Å²) in [6.07, 6.45) is 3.20. The van der Waals surface area contributed by atoms with Crippen LogP contribution in [-0.4, -0.2) is 44.8 Å². The first-order valence-corrected chi connectivity index (χ1v) is 7.81. The van der Waals surface area contributed by atoms with Crippen molar-refractivity contribution in [2.75, 3.05) is 19.4 Å². The predicted molar refractivity (Wildman–Crippen MR) is 90.2 cm³/mol. The van der Waals surface area contributed by atoms with Crippen LogP contribution in [0.15, 0.2) is 18.6 Å². The van der Waals surface area contributed by atoms with Crippen LogP contribution < -0.4 is 5.32 Å². The molecular weight excluding hydrogens is 312 g/mol. The van der Waals surface area contributed by atoms with Crippen molar-refractivity contribution in [3.05, 3.63) is 34.9 Å². The molecule has 1 N–H and O–H groups in total. The summed E-state index contributed by atoms with van der Waals surface area (Å²) in [5, 5.41) is 3.60. The lowest BCUT2D eigenvalue weighted by Gasteiger charge is -2.07. The highest BCUT2D eigenvalue weighted by atomic mass is 32.1. The van der Waals surface area contributed by atoms with Gasteiger partial charge in [-0.3, -0.25) is 9.78 Å². The number of hydrogen-bond acceptors (Lipinski definition) is 7. The van der Waals surface area contributed by atoms with Crippen LogP contribution in [0.1, 0.15) is 21.1 Å². The molecule has 0 atom stereocenters. The molecule has 0 aliphatic carbocycles. The quantitative estimate of drug-likeness (QED) is 0.795. The van der Waals surface area contributed by atoms with E-state index in [0.717, 1.165) is 16.9 Å². The molecule has 0 fully saturated rings. The first-order chi connectivity index (χ1) is 11.0. The highest BCUT2D eigenvalue weighted by Gasteiger charge is 2.17. The van der Waals surface area contributed by atoms with Crippen molar-refractivity contribution in [3.63, 3.8) is 0 Å². The molecule has 0 bridgehead atoms. The minimum atomic E-state index is -0.146. The van der Waals surface area contributed by atoms with Crippen LogP contribution in [-0.2, 0) is 0 Å². The van der Waals surface area contributed by atoms with E-state index in [1.54, 1.807) is 20.3 Å². The van der Waals surface area contributed by atoms with Gasteiger partial charge in [-0.1, -0.05) is 11.3 Å². The van der Waals surface area contributed by atoms with Gasteiger partial charge in [-0.05, 0) is 25.5 Å². The van der Waals surface area contributed by atoms with Gasteiger partial charge in [0.05, 0.1) is 11.9 Å². The molecule has 3 heterocycles. The lowest BCUT2D eigenvalue weighted by Crippen LogP contribution is -2.21. The Labute approximate surface area is 137 Å². The van der Waals surface area contributed by atoms with Gasteiger partial charge in [0, 0.05) is 19.8 Å². The van der Waals surface area contributed by atoms with Crippen molar-refractivity contribution >= 4 is 39.1 Å². The fourth-order valence-electron chi connectivity index (χ4n) is 1.98. The van der Waals surface area contributed by atoms with E-state index in [0.29, 0.717) is 21.2 Å². The zero-order valence-corrected chi connectivity index (χ0v) is 14.1. The Morgan fingerprint density at radius 1 is 1.22 bits per heavy atom. The summed E-state index contributed by atoms with van der Waals surface area (Å²) in [5.41, 5.74) is 3.47. The van der Waals surface area contributed by atoms with Gasteiger partial charge in [0.15, 0.2) is 10.8 Å². The first-order valence-electron chi connectivity index (χ1n) is 6.99. The second-order valence-electron chi connectivity index (χ2n) is 5.35. The number of nitrogens with zero attached hydrogens (tertiary/aromatic N) is 5. The van der Waals surface area contributed by atoms with Crippen molar-refractivity contribution < 1.29 is 4.79 Å². The molecule has 8 heteroatoms. The number of carbonyl (C=O) groups is 1. The van der Waals surface area contributed by atoms with E-state index in [-0.39, 0.29) is 5.91 Å². The van der Waals surface area contributed by atoms with E-state index in [9.17, 15) is 4.79 Å². The SMILES string of the molecule is Cc1cc(Nc2ncnc3sc(C(=O)N(C)C)nc23)cnc1C. The number of nitrogens with one attached hydrogen (secondary N) is 1. The van der Waals surface area contributed by atoms with Gasteiger partial charge in [-0.2, -0.15) is 0 Å². The van der Waals surface area contributed by atoms with Crippen LogP contribution in [0.3, 0.4) is 0 Å². The Kier molecular flexibility index (Phi) is 3.91. The number of anilines is 2. The lowest BCUT2D eigenvalue weighted by molar-refractivity contribution is 0.0827. The second kappa shape index (κ2) is 5.88. The first kappa shape index (κ1) is 15.3. The number of pyridine rings is 1. The molecule has 1 amide bonds. The smallest absolute Gasteiger partial charge is 0.282 e. The largest absolute Gasteiger partial charge is 0.343 e. The average molecular weight is 328 g/mol. The summed E-state index contributed by atoms with van der Waals surface area (Å²) in [5.74, 6) is 0.418. The molecule has 0 aromatic carbocycles. The maximum atomic E-state index is 12.1. The Bertz CT molecular complexity index is 889. The topological polar surface area (TPSA) is 83.9 Å². The predicted octanol–water partition coefficient (Wildman–Crippen LogP) is 2.54. The number of aryl methyl sites for hydroxylation is 2. The third-order valence-electron chi connectivity index (χ3n) is 3.39. The lowest BCUT2D eigenvalue weighted by atomic mass is 10.2. The number of thiazole rings is 1. The summed E-state index contributed by atoms with van der Waals surface area (Å²) in [6.45, 7) is 3.96. The molecule has 0 unspecified atom stereocenters. The fraction of sp³-hybridized carbons (Fsp3) is 0.267. The van der Waals surface area contributed by atoms with Gasteiger partial charge in [0.2, 0.25) is 0 Å². The molecule has 23 heavy (non-hydrogen) atoms. The molecule has 3 rings (SSSR count). The number of hydrogen-bond donors (Lipinski definition) is 1. The molecule has 3 aromatic rings. The molecule has 0 radical (unpaired) electrons. The normalized spacial score (nSPS) is 10.8. The number of rotatable bonds is 3. The summed E-state index contributed by atoms with van der Waals surface area (Å²) < 4.78 is 0. The van der Waals surface area contributed by atoms with Crippen molar-refractivity contribution in [3.8, 4) is 0 Å². The van der Waals surface area contributed by atoms with E-state index in [2.05, 4.69) is 25.3 Å². The van der Waals surface area contributed by atoms with Crippen LogP contribution in [0.25, 0.3) is 10.3 Å². The highest BCUT2D eigenvalue weighted by Crippen LogP contribution is 2.27. The third-order valence-corrected chi connectivity index (χ3v) is 4.34.